The Morgan fingerprint density at radius 2 is 2.22 bits per heavy atom. The number of hydrogen-bond acceptors (Lipinski definition) is 2. The molecule has 1 saturated heterocycles. The summed E-state index contributed by atoms with van der Waals surface area (Å²) in [6.07, 6.45) is 5.38. The zero-order chi connectivity index (χ0) is 13.5. The van der Waals surface area contributed by atoms with Crippen LogP contribution < -0.4 is 5.32 Å². The Bertz CT molecular complexity index is 291. The summed E-state index contributed by atoms with van der Waals surface area (Å²) in [5.41, 5.74) is 0.885. The minimum atomic E-state index is 0.208. The van der Waals surface area contributed by atoms with Crippen molar-refractivity contribution in [3.8, 4) is 0 Å². The van der Waals surface area contributed by atoms with Crippen LogP contribution in [0.2, 0.25) is 0 Å². The highest BCUT2D eigenvalue weighted by atomic mass is 16.2. The van der Waals surface area contributed by atoms with E-state index in [4.69, 9.17) is 0 Å². The van der Waals surface area contributed by atoms with E-state index in [0.717, 1.165) is 31.6 Å². The molecule has 0 aromatic rings. The summed E-state index contributed by atoms with van der Waals surface area (Å²) in [5.74, 6) is 0.726. The molecule has 1 amide bonds. The van der Waals surface area contributed by atoms with Crippen LogP contribution >= 0.6 is 0 Å². The summed E-state index contributed by atoms with van der Waals surface area (Å²) in [6, 6.07) is 0.488. The molecule has 104 valence electrons. The van der Waals surface area contributed by atoms with Gasteiger partial charge >= 0.3 is 0 Å². The van der Waals surface area contributed by atoms with Crippen LogP contribution in [0.1, 0.15) is 47.0 Å². The summed E-state index contributed by atoms with van der Waals surface area (Å²) < 4.78 is 0. The Kier molecular flexibility index (Phi) is 6.41. The molecule has 0 aromatic carbocycles. The number of carbonyl (C=O) groups is 1. The van der Waals surface area contributed by atoms with Crippen LogP contribution in [0.25, 0.3) is 0 Å². The van der Waals surface area contributed by atoms with Gasteiger partial charge in [0.2, 0.25) is 5.91 Å². The first kappa shape index (κ1) is 15.2. The molecule has 1 unspecified atom stereocenters. The molecule has 0 aliphatic carbocycles. The third-order valence-corrected chi connectivity index (χ3v) is 3.32. The van der Waals surface area contributed by atoms with Crippen LogP contribution in [0, 0.1) is 5.92 Å². The lowest BCUT2D eigenvalue weighted by molar-refractivity contribution is -0.128. The van der Waals surface area contributed by atoms with Gasteiger partial charge in [0.05, 0.1) is 0 Å². The molecule has 18 heavy (non-hydrogen) atoms. The quantitative estimate of drug-likeness (QED) is 0.737. The number of nitrogens with zero attached hydrogens (tertiary/aromatic N) is 1. The Labute approximate surface area is 112 Å². The fourth-order valence-corrected chi connectivity index (χ4v) is 2.50. The monoisotopic (exact) mass is 252 g/mol. The molecule has 1 atom stereocenters. The zero-order valence-corrected chi connectivity index (χ0v) is 12.3. The van der Waals surface area contributed by atoms with Gasteiger partial charge in [0.1, 0.15) is 0 Å². The van der Waals surface area contributed by atoms with Crippen LogP contribution in [0.4, 0.5) is 0 Å². The molecule has 0 bridgehead atoms. The molecule has 1 N–H and O–H groups in total. The topological polar surface area (TPSA) is 32.3 Å². The van der Waals surface area contributed by atoms with Gasteiger partial charge in [-0.1, -0.05) is 26.8 Å². The Hall–Kier alpha value is -0.830. The van der Waals surface area contributed by atoms with Crippen LogP contribution in [0.5, 0.6) is 0 Å². The number of rotatable bonds is 6. The van der Waals surface area contributed by atoms with Crippen LogP contribution in [-0.4, -0.2) is 36.5 Å². The van der Waals surface area contributed by atoms with Crippen LogP contribution in [0.15, 0.2) is 11.6 Å². The lowest BCUT2D eigenvalue weighted by atomic mass is 10.1. The van der Waals surface area contributed by atoms with E-state index in [2.05, 4.69) is 26.1 Å². The average molecular weight is 252 g/mol. The summed E-state index contributed by atoms with van der Waals surface area (Å²) in [4.78, 5) is 14.4. The Morgan fingerprint density at radius 1 is 1.50 bits per heavy atom. The largest absolute Gasteiger partial charge is 0.337 e. The first-order chi connectivity index (χ1) is 8.54. The van der Waals surface area contributed by atoms with Gasteiger partial charge in [-0.05, 0) is 38.6 Å². The van der Waals surface area contributed by atoms with E-state index < -0.39 is 0 Å². The molecule has 1 aliphatic heterocycles. The van der Waals surface area contributed by atoms with Crippen molar-refractivity contribution in [1.29, 1.82) is 0 Å². The second-order valence-electron chi connectivity index (χ2n) is 5.69. The smallest absolute Gasteiger partial charge is 0.249 e. The minimum Gasteiger partial charge on any atom is -0.337 e. The van der Waals surface area contributed by atoms with Gasteiger partial charge in [-0.2, -0.15) is 0 Å². The second-order valence-corrected chi connectivity index (χ2v) is 5.69. The fourth-order valence-electron chi connectivity index (χ4n) is 2.50. The molecule has 1 aliphatic rings. The summed E-state index contributed by atoms with van der Waals surface area (Å²) in [5, 5.41) is 3.47. The van der Waals surface area contributed by atoms with Crippen molar-refractivity contribution in [1.82, 2.24) is 10.2 Å². The van der Waals surface area contributed by atoms with E-state index in [1.165, 1.54) is 12.8 Å². The molecule has 1 rings (SSSR count). The maximum atomic E-state index is 12.4. The highest BCUT2D eigenvalue weighted by molar-refractivity contribution is 5.92. The van der Waals surface area contributed by atoms with Gasteiger partial charge in [0, 0.05) is 24.7 Å². The molecule has 3 nitrogen and oxygen atoms in total. The molecule has 0 spiro atoms. The van der Waals surface area contributed by atoms with Crippen LogP contribution in [-0.2, 0) is 4.79 Å². The molecule has 0 saturated carbocycles. The van der Waals surface area contributed by atoms with E-state index in [1.807, 2.05) is 17.9 Å². The summed E-state index contributed by atoms with van der Waals surface area (Å²) >= 11 is 0. The predicted molar refractivity (Wildman–Crippen MR) is 76.5 cm³/mol. The number of amides is 1. The molecule has 1 heterocycles. The van der Waals surface area contributed by atoms with Gasteiger partial charge in [-0.3, -0.25) is 4.79 Å². The van der Waals surface area contributed by atoms with Gasteiger partial charge < -0.3 is 10.2 Å². The number of nitrogens with one attached hydrogen (secondary N) is 1. The molecule has 1 fully saturated rings. The van der Waals surface area contributed by atoms with Gasteiger partial charge in [0.25, 0.3) is 0 Å². The highest BCUT2D eigenvalue weighted by Gasteiger charge is 2.22. The highest BCUT2D eigenvalue weighted by Crippen LogP contribution is 2.12. The molecular formula is C15H28N2O. The van der Waals surface area contributed by atoms with E-state index >= 15 is 0 Å². The second kappa shape index (κ2) is 7.57. The van der Waals surface area contributed by atoms with Gasteiger partial charge in [0.15, 0.2) is 0 Å². The number of carbonyl (C=O) groups excluding carboxylic acids is 1. The van der Waals surface area contributed by atoms with Gasteiger partial charge in [-0.25, -0.2) is 0 Å². The first-order valence-electron chi connectivity index (χ1n) is 7.24. The van der Waals surface area contributed by atoms with Crippen molar-refractivity contribution in [2.45, 2.75) is 53.0 Å². The molecular weight excluding hydrogens is 224 g/mol. The van der Waals surface area contributed by atoms with E-state index in [-0.39, 0.29) is 5.91 Å². The van der Waals surface area contributed by atoms with Crippen LogP contribution in [0.3, 0.4) is 0 Å². The number of hydrogen-bond donors (Lipinski definition) is 1. The number of allylic oxidation sites excluding steroid dienone is 1. The lowest BCUT2D eigenvalue weighted by Crippen LogP contribution is -2.43. The van der Waals surface area contributed by atoms with E-state index in [1.54, 1.807) is 0 Å². The maximum absolute atomic E-state index is 12.4. The first-order valence-corrected chi connectivity index (χ1v) is 7.24. The third-order valence-electron chi connectivity index (χ3n) is 3.32. The molecule has 3 heteroatoms. The van der Waals surface area contributed by atoms with Crippen molar-refractivity contribution in [3.63, 3.8) is 0 Å². The van der Waals surface area contributed by atoms with E-state index in [9.17, 15) is 4.79 Å². The van der Waals surface area contributed by atoms with Crippen molar-refractivity contribution >= 4 is 5.91 Å². The maximum Gasteiger partial charge on any atom is 0.249 e. The predicted octanol–water partition coefficient (Wildman–Crippen LogP) is 2.58. The Balaban J connectivity index is 2.64. The molecule has 0 aromatic heterocycles. The zero-order valence-electron chi connectivity index (χ0n) is 12.3. The SMILES string of the molecule is CC/C=C(/C)C(=O)N(CC(C)C)CC1CCCN1. The summed E-state index contributed by atoms with van der Waals surface area (Å²) in [6.45, 7) is 11.1. The van der Waals surface area contributed by atoms with Crippen molar-refractivity contribution < 1.29 is 4.79 Å². The molecule has 0 radical (unpaired) electrons. The van der Waals surface area contributed by atoms with Gasteiger partial charge in [-0.15, -0.1) is 0 Å². The Morgan fingerprint density at radius 3 is 2.72 bits per heavy atom. The van der Waals surface area contributed by atoms with Crippen molar-refractivity contribution in [2.24, 2.45) is 5.92 Å². The fraction of sp³-hybridized carbons (Fsp3) is 0.800. The minimum absolute atomic E-state index is 0.208. The van der Waals surface area contributed by atoms with E-state index in [0.29, 0.717) is 12.0 Å². The summed E-state index contributed by atoms with van der Waals surface area (Å²) in [7, 11) is 0. The third kappa shape index (κ3) is 4.81. The average Bonchev–Trinajstić information content (AvgIpc) is 2.79. The van der Waals surface area contributed by atoms with Crippen molar-refractivity contribution in [2.75, 3.05) is 19.6 Å². The normalized spacial score (nSPS) is 20.5. The lowest BCUT2D eigenvalue weighted by Gasteiger charge is -2.28. The van der Waals surface area contributed by atoms with Crippen molar-refractivity contribution in [3.05, 3.63) is 11.6 Å². The standard InChI is InChI=1S/C15H28N2O/c1-5-7-13(4)15(18)17(10-12(2)3)11-14-8-6-9-16-14/h7,12,14,16H,5-6,8-11H2,1-4H3/b13-7-.